The summed E-state index contributed by atoms with van der Waals surface area (Å²) in [5, 5.41) is 1.65. The maximum Gasteiger partial charge on any atom is 0.0774 e. The van der Waals surface area contributed by atoms with E-state index in [1.165, 1.54) is 60.8 Å². The average Bonchev–Trinajstić information content (AvgIpc) is 2.64. The van der Waals surface area contributed by atoms with Gasteiger partial charge in [0.25, 0.3) is 0 Å². The predicted molar refractivity (Wildman–Crippen MR) is 126 cm³/mol. The molecule has 1 saturated carbocycles. The molecule has 1 fully saturated rings. The Morgan fingerprint density at radius 1 is 1.11 bits per heavy atom. The number of benzene rings is 1. The molecule has 1 nitrogen and oxygen atoms in total. The van der Waals surface area contributed by atoms with E-state index in [-0.39, 0.29) is 6.04 Å². The SMILES string of the molecule is C=C(C)N1C=C([SiH](C)C)C(CC2CCCCC2)=CC1c1cc(C)cc(C)c1C. The molecule has 1 aliphatic heterocycles. The number of rotatable bonds is 5. The lowest BCUT2D eigenvalue weighted by Gasteiger charge is -2.38. The Labute approximate surface area is 174 Å². The molecule has 0 bridgehead atoms. The van der Waals surface area contributed by atoms with Crippen molar-refractivity contribution in [2.24, 2.45) is 5.92 Å². The van der Waals surface area contributed by atoms with Gasteiger partial charge in [0.15, 0.2) is 0 Å². The fourth-order valence-electron chi connectivity index (χ4n) is 5.06. The van der Waals surface area contributed by atoms with Gasteiger partial charge in [-0.1, -0.05) is 75.5 Å². The molecule has 1 aromatic rings. The highest BCUT2D eigenvalue weighted by Crippen LogP contribution is 2.40. The van der Waals surface area contributed by atoms with Gasteiger partial charge >= 0.3 is 0 Å². The molecular formula is C26H39NSi. The highest BCUT2D eigenvalue weighted by atomic mass is 28.3. The van der Waals surface area contributed by atoms with E-state index in [4.69, 9.17) is 0 Å². The van der Waals surface area contributed by atoms with Crippen LogP contribution in [0.5, 0.6) is 0 Å². The van der Waals surface area contributed by atoms with Gasteiger partial charge in [-0.2, -0.15) is 0 Å². The van der Waals surface area contributed by atoms with Crippen LogP contribution in [0.2, 0.25) is 13.1 Å². The van der Waals surface area contributed by atoms with E-state index in [0.29, 0.717) is 0 Å². The van der Waals surface area contributed by atoms with E-state index in [2.05, 4.69) is 76.7 Å². The summed E-state index contributed by atoms with van der Waals surface area (Å²) >= 11 is 0. The first-order valence-electron chi connectivity index (χ1n) is 11.2. The van der Waals surface area contributed by atoms with Gasteiger partial charge in [0.2, 0.25) is 0 Å². The summed E-state index contributed by atoms with van der Waals surface area (Å²) in [6.45, 7) is 18.2. The molecule has 0 saturated heterocycles. The summed E-state index contributed by atoms with van der Waals surface area (Å²) < 4.78 is 0. The number of hydrogen-bond donors (Lipinski definition) is 0. The Morgan fingerprint density at radius 2 is 1.79 bits per heavy atom. The Morgan fingerprint density at radius 3 is 2.39 bits per heavy atom. The van der Waals surface area contributed by atoms with E-state index >= 15 is 0 Å². The zero-order chi connectivity index (χ0) is 20.4. The lowest BCUT2D eigenvalue weighted by molar-refractivity contribution is 0.350. The molecular weight excluding hydrogens is 354 g/mol. The van der Waals surface area contributed by atoms with Crippen molar-refractivity contribution in [3.63, 3.8) is 0 Å². The molecule has 0 spiro atoms. The molecule has 1 aromatic carbocycles. The second-order valence-corrected chi connectivity index (χ2v) is 12.5. The molecule has 0 N–H and O–H groups in total. The minimum absolute atomic E-state index is 0.284. The predicted octanol–water partition coefficient (Wildman–Crippen LogP) is 7.31. The largest absolute Gasteiger partial charge is 0.342 e. The second-order valence-electron chi connectivity index (χ2n) is 9.52. The van der Waals surface area contributed by atoms with Gasteiger partial charge < -0.3 is 4.90 Å². The van der Waals surface area contributed by atoms with Crippen molar-refractivity contribution in [2.75, 3.05) is 0 Å². The van der Waals surface area contributed by atoms with Crippen LogP contribution < -0.4 is 0 Å². The Hall–Kier alpha value is -1.54. The number of nitrogens with zero attached hydrogens (tertiary/aromatic N) is 1. The number of aryl methyl sites for hydroxylation is 2. The van der Waals surface area contributed by atoms with Crippen LogP contribution in [0.3, 0.4) is 0 Å². The summed E-state index contributed by atoms with van der Waals surface area (Å²) in [7, 11) is -0.905. The van der Waals surface area contributed by atoms with Crippen molar-refractivity contribution in [3.8, 4) is 0 Å². The van der Waals surface area contributed by atoms with Gasteiger partial charge in [0, 0.05) is 11.9 Å². The van der Waals surface area contributed by atoms with Crippen molar-refractivity contribution in [2.45, 2.75) is 85.4 Å². The van der Waals surface area contributed by atoms with Crippen LogP contribution in [0, 0.1) is 26.7 Å². The first kappa shape index (κ1) is 21.2. The van der Waals surface area contributed by atoms with Gasteiger partial charge in [0.05, 0.1) is 14.8 Å². The molecule has 0 aromatic heterocycles. The summed E-state index contributed by atoms with van der Waals surface area (Å²) in [5.74, 6) is 0.883. The lowest BCUT2D eigenvalue weighted by atomic mass is 9.83. The Kier molecular flexibility index (Phi) is 6.70. The normalized spacial score (nSPS) is 21.0. The maximum atomic E-state index is 4.33. The minimum atomic E-state index is -0.905. The number of allylic oxidation sites excluding steroid dienone is 3. The van der Waals surface area contributed by atoms with Crippen LogP contribution in [0.4, 0.5) is 0 Å². The standard InChI is InChI=1S/C26H39NSi/c1-18(2)27-17-26(28(6)7)23(15-22-11-9-8-10-12-22)16-25(27)24-14-19(3)13-20(4)21(24)5/h13-14,16-17,22,25,28H,1,8-12,15H2,2-7H3. The minimum Gasteiger partial charge on any atom is -0.342 e. The highest BCUT2D eigenvalue weighted by molar-refractivity contribution is 6.65. The van der Waals surface area contributed by atoms with Gasteiger partial charge in [0.1, 0.15) is 0 Å². The topological polar surface area (TPSA) is 3.24 Å². The Balaban J connectivity index is 2.04. The molecule has 2 heteroatoms. The first-order valence-corrected chi connectivity index (χ1v) is 14.1. The van der Waals surface area contributed by atoms with Gasteiger partial charge in [-0.15, -0.1) is 0 Å². The second kappa shape index (κ2) is 8.86. The number of hydrogen-bond acceptors (Lipinski definition) is 1. The lowest BCUT2D eigenvalue weighted by Crippen LogP contribution is -2.28. The molecule has 1 unspecified atom stereocenters. The third-order valence-corrected chi connectivity index (χ3v) is 8.54. The molecule has 2 aliphatic rings. The molecule has 28 heavy (non-hydrogen) atoms. The Bertz CT molecular complexity index is 793. The van der Waals surface area contributed by atoms with Gasteiger partial charge in [-0.3, -0.25) is 0 Å². The average molecular weight is 394 g/mol. The van der Waals surface area contributed by atoms with Crippen LogP contribution >= 0.6 is 0 Å². The fraction of sp³-hybridized carbons (Fsp3) is 0.538. The fourth-order valence-corrected chi connectivity index (χ4v) is 6.47. The third-order valence-electron chi connectivity index (χ3n) is 6.77. The molecule has 0 amide bonds. The van der Waals surface area contributed by atoms with Crippen molar-refractivity contribution < 1.29 is 0 Å². The summed E-state index contributed by atoms with van der Waals surface area (Å²) in [4.78, 5) is 2.44. The van der Waals surface area contributed by atoms with Crippen LogP contribution in [0.1, 0.15) is 73.7 Å². The summed E-state index contributed by atoms with van der Waals surface area (Å²) in [6, 6.07) is 4.98. The molecule has 0 radical (unpaired) electrons. The molecule has 1 atom stereocenters. The molecule has 1 aliphatic carbocycles. The third kappa shape index (κ3) is 4.54. The zero-order valence-corrected chi connectivity index (χ0v) is 20.1. The van der Waals surface area contributed by atoms with Gasteiger partial charge in [-0.25, -0.2) is 0 Å². The quantitative estimate of drug-likeness (QED) is 0.474. The van der Waals surface area contributed by atoms with Crippen molar-refractivity contribution in [1.29, 1.82) is 0 Å². The van der Waals surface area contributed by atoms with Gasteiger partial charge in [-0.05, 0) is 67.5 Å². The van der Waals surface area contributed by atoms with E-state index in [1.54, 1.807) is 10.8 Å². The van der Waals surface area contributed by atoms with Crippen molar-refractivity contribution in [3.05, 3.63) is 69.7 Å². The molecule has 1 heterocycles. The van der Waals surface area contributed by atoms with Crippen molar-refractivity contribution in [1.82, 2.24) is 4.90 Å². The molecule has 152 valence electrons. The monoisotopic (exact) mass is 393 g/mol. The molecule has 3 rings (SSSR count). The highest BCUT2D eigenvalue weighted by Gasteiger charge is 2.28. The maximum absolute atomic E-state index is 4.33. The van der Waals surface area contributed by atoms with E-state index in [1.807, 2.05) is 0 Å². The summed E-state index contributed by atoms with van der Waals surface area (Å²) in [5.41, 5.74) is 8.41. The first-order chi connectivity index (χ1) is 13.3. The summed E-state index contributed by atoms with van der Waals surface area (Å²) in [6.07, 6.45) is 13.5. The van der Waals surface area contributed by atoms with E-state index in [9.17, 15) is 0 Å². The van der Waals surface area contributed by atoms with E-state index < -0.39 is 8.80 Å². The van der Waals surface area contributed by atoms with Crippen molar-refractivity contribution >= 4 is 8.80 Å². The van der Waals surface area contributed by atoms with Crippen LogP contribution in [0.25, 0.3) is 0 Å². The van der Waals surface area contributed by atoms with E-state index in [0.717, 1.165) is 11.6 Å². The van der Waals surface area contributed by atoms with Crippen LogP contribution in [-0.4, -0.2) is 13.7 Å². The van der Waals surface area contributed by atoms with Crippen LogP contribution in [-0.2, 0) is 0 Å². The van der Waals surface area contributed by atoms with Crippen LogP contribution in [0.15, 0.2) is 47.5 Å². The zero-order valence-electron chi connectivity index (χ0n) is 18.9. The smallest absolute Gasteiger partial charge is 0.0774 e.